The van der Waals surface area contributed by atoms with Gasteiger partial charge >= 0.3 is 0 Å². The van der Waals surface area contributed by atoms with Crippen LogP contribution in [0.4, 0.5) is 17.6 Å². The second kappa shape index (κ2) is 12.9. The van der Waals surface area contributed by atoms with Crippen molar-refractivity contribution >= 4 is 23.2 Å². The Kier molecular flexibility index (Phi) is 10.2. The average molecular weight is 396 g/mol. The number of hydrogen-bond donors (Lipinski definition) is 1. The number of aromatic nitrogens is 3. The summed E-state index contributed by atoms with van der Waals surface area (Å²) in [4.78, 5) is 15.3. The van der Waals surface area contributed by atoms with Crippen LogP contribution in [0.15, 0.2) is 36.9 Å². The third kappa shape index (κ3) is 8.22. The van der Waals surface area contributed by atoms with Crippen LogP contribution in [0.25, 0.3) is 5.57 Å². The topological polar surface area (TPSA) is 67.9 Å². The molecule has 2 rings (SSSR count). The lowest BCUT2D eigenvalue weighted by atomic mass is 10.1. The van der Waals surface area contributed by atoms with Crippen LogP contribution in [-0.2, 0) is 0 Å². The van der Waals surface area contributed by atoms with Gasteiger partial charge in [-0.05, 0) is 31.1 Å². The van der Waals surface area contributed by atoms with Crippen LogP contribution in [0.5, 0.6) is 0 Å². The molecular weight excluding hydrogens is 358 g/mol. The first-order chi connectivity index (χ1) is 14.1. The number of para-hydroxylation sites is 1. The monoisotopic (exact) mass is 395 g/mol. The van der Waals surface area contributed by atoms with E-state index in [-0.39, 0.29) is 5.95 Å². The molecule has 0 saturated heterocycles. The first kappa shape index (κ1) is 22.9. The predicted molar refractivity (Wildman–Crippen MR) is 124 cm³/mol. The summed E-state index contributed by atoms with van der Waals surface area (Å²) in [7, 11) is 0. The standard InChI is InChI=1S/C24H37N5/c1-4-5-6-7-8-9-10-11-12-16-19-29(21-17-14-13-15-18-21)24-27-22(20(2)3)26-23(25)28-24/h13-15,17-18H,2,4-12,16,19H2,1,3H3,(H2,25,26,27,28). The molecule has 0 unspecified atom stereocenters. The molecule has 0 bridgehead atoms. The molecule has 0 fully saturated rings. The van der Waals surface area contributed by atoms with Crippen molar-refractivity contribution in [3.8, 4) is 0 Å². The van der Waals surface area contributed by atoms with E-state index in [4.69, 9.17) is 5.73 Å². The van der Waals surface area contributed by atoms with Gasteiger partial charge in [-0.15, -0.1) is 0 Å². The van der Waals surface area contributed by atoms with Crippen molar-refractivity contribution in [1.82, 2.24) is 15.0 Å². The zero-order chi connectivity index (χ0) is 20.9. The van der Waals surface area contributed by atoms with Gasteiger partial charge in [-0.2, -0.15) is 15.0 Å². The maximum Gasteiger partial charge on any atom is 0.235 e. The molecule has 5 heteroatoms. The van der Waals surface area contributed by atoms with Gasteiger partial charge in [0.05, 0.1) is 0 Å². The van der Waals surface area contributed by atoms with E-state index >= 15 is 0 Å². The zero-order valence-electron chi connectivity index (χ0n) is 18.2. The van der Waals surface area contributed by atoms with Crippen LogP contribution in [0.3, 0.4) is 0 Å². The summed E-state index contributed by atoms with van der Waals surface area (Å²) in [5, 5.41) is 0. The van der Waals surface area contributed by atoms with Gasteiger partial charge in [0.15, 0.2) is 5.82 Å². The lowest BCUT2D eigenvalue weighted by Crippen LogP contribution is -2.22. The maximum atomic E-state index is 5.94. The lowest BCUT2D eigenvalue weighted by Gasteiger charge is -2.23. The Bertz CT molecular complexity index is 729. The largest absolute Gasteiger partial charge is 0.368 e. The first-order valence-electron chi connectivity index (χ1n) is 11.1. The van der Waals surface area contributed by atoms with Crippen LogP contribution in [-0.4, -0.2) is 21.5 Å². The minimum absolute atomic E-state index is 0.233. The van der Waals surface area contributed by atoms with Crippen molar-refractivity contribution in [2.24, 2.45) is 0 Å². The van der Waals surface area contributed by atoms with Crippen molar-refractivity contribution in [2.45, 2.75) is 78.1 Å². The summed E-state index contributed by atoms with van der Waals surface area (Å²) in [6, 6.07) is 10.2. The zero-order valence-corrected chi connectivity index (χ0v) is 18.2. The molecule has 2 N–H and O–H groups in total. The minimum atomic E-state index is 0.233. The van der Waals surface area contributed by atoms with Gasteiger partial charge in [-0.1, -0.05) is 89.5 Å². The molecule has 1 aromatic carbocycles. The van der Waals surface area contributed by atoms with Gasteiger partial charge in [0.25, 0.3) is 0 Å². The molecule has 29 heavy (non-hydrogen) atoms. The van der Waals surface area contributed by atoms with E-state index < -0.39 is 0 Å². The summed E-state index contributed by atoms with van der Waals surface area (Å²) >= 11 is 0. The van der Waals surface area contributed by atoms with E-state index in [1.165, 1.54) is 57.8 Å². The Morgan fingerprint density at radius 1 is 0.862 bits per heavy atom. The van der Waals surface area contributed by atoms with Crippen LogP contribution < -0.4 is 10.6 Å². The number of rotatable bonds is 14. The van der Waals surface area contributed by atoms with E-state index in [9.17, 15) is 0 Å². The fourth-order valence-electron chi connectivity index (χ4n) is 3.40. The highest BCUT2D eigenvalue weighted by atomic mass is 15.3. The highest BCUT2D eigenvalue weighted by Crippen LogP contribution is 2.24. The number of nitrogens with two attached hydrogens (primary N) is 1. The Morgan fingerprint density at radius 3 is 2.03 bits per heavy atom. The fraction of sp³-hybridized carbons (Fsp3) is 0.542. The molecule has 0 saturated carbocycles. The van der Waals surface area contributed by atoms with Gasteiger partial charge in [0, 0.05) is 12.2 Å². The number of allylic oxidation sites excluding steroid dienone is 1. The Balaban J connectivity index is 1.90. The quantitative estimate of drug-likeness (QED) is 0.367. The average Bonchev–Trinajstić information content (AvgIpc) is 2.72. The van der Waals surface area contributed by atoms with Gasteiger partial charge in [-0.25, -0.2) is 0 Å². The summed E-state index contributed by atoms with van der Waals surface area (Å²) in [5.74, 6) is 1.38. The molecule has 158 valence electrons. The molecule has 0 amide bonds. The summed E-state index contributed by atoms with van der Waals surface area (Å²) < 4.78 is 0. The molecule has 0 aliphatic carbocycles. The van der Waals surface area contributed by atoms with Crippen molar-refractivity contribution in [2.75, 3.05) is 17.2 Å². The molecule has 1 heterocycles. The van der Waals surface area contributed by atoms with Gasteiger partial charge in [0.2, 0.25) is 11.9 Å². The van der Waals surface area contributed by atoms with E-state index in [2.05, 4.69) is 45.5 Å². The number of hydrogen-bond acceptors (Lipinski definition) is 5. The smallest absolute Gasteiger partial charge is 0.235 e. The Morgan fingerprint density at radius 2 is 1.45 bits per heavy atom. The van der Waals surface area contributed by atoms with E-state index in [1.54, 1.807) is 0 Å². The third-order valence-electron chi connectivity index (χ3n) is 5.07. The number of unbranched alkanes of at least 4 members (excludes halogenated alkanes) is 9. The molecule has 0 aliphatic heterocycles. The first-order valence-corrected chi connectivity index (χ1v) is 11.1. The van der Waals surface area contributed by atoms with Crippen molar-refractivity contribution in [3.05, 3.63) is 42.7 Å². The molecule has 0 aliphatic rings. The summed E-state index contributed by atoms with van der Waals surface area (Å²) in [6.07, 6.45) is 13.1. The number of anilines is 3. The van der Waals surface area contributed by atoms with Gasteiger partial charge < -0.3 is 10.6 Å². The Hall–Kier alpha value is -2.43. The van der Waals surface area contributed by atoms with Crippen molar-refractivity contribution < 1.29 is 0 Å². The molecule has 0 radical (unpaired) electrons. The van der Waals surface area contributed by atoms with E-state index in [0.717, 1.165) is 24.2 Å². The highest BCUT2D eigenvalue weighted by Gasteiger charge is 2.15. The third-order valence-corrected chi connectivity index (χ3v) is 5.07. The van der Waals surface area contributed by atoms with Crippen LogP contribution in [0.1, 0.15) is 83.9 Å². The fourth-order valence-corrected chi connectivity index (χ4v) is 3.40. The maximum absolute atomic E-state index is 5.94. The van der Waals surface area contributed by atoms with Crippen LogP contribution >= 0.6 is 0 Å². The van der Waals surface area contributed by atoms with Crippen molar-refractivity contribution in [1.29, 1.82) is 0 Å². The van der Waals surface area contributed by atoms with Gasteiger partial charge in [0.1, 0.15) is 0 Å². The van der Waals surface area contributed by atoms with Crippen LogP contribution in [0.2, 0.25) is 0 Å². The van der Waals surface area contributed by atoms with Crippen molar-refractivity contribution in [3.63, 3.8) is 0 Å². The summed E-state index contributed by atoms with van der Waals surface area (Å²) in [6.45, 7) is 8.95. The molecular formula is C24H37N5. The predicted octanol–water partition coefficient (Wildman–Crippen LogP) is 6.55. The molecule has 0 spiro atoms. The highest BCUT2D eigenvalue weighted by molar-refractivity contribution is 5.61. The molecule has 0 atom stereocenters. The second-order valence-electron chi connectivity index (χ2n) is 7.77. The molecule has 5 nitrogen and oxygen atoms in total. The molecule has 1 aromatic heterocycles. The van der Waals surface area contributed by atoms with E-state index in [0.29, 0.717) is 11.8 Å². The lowest BCUT2D eigenvalue weighted by molar-refractivity contribution is 0.557. The summed E-state index contributed by atoms with van der Waals surface area (Å²) in [5.41, 5.74) is 7.79. The number of nitrogens with zero attached hydrogens (tertiary/aromatic N) is 4. The normalized spacial score (nSPS) is 10.8. The minimum Gasteiger partial charge on any atom is -0.368 e. The van der Waals surface area contributed by atoms with Gasteiger partial charge in [-0.3, -0.25) is 0 Å². The van der Waals surface area contributed by atoms with E-state index in [1.807, 2.05) is 25.1 Å². The Labute approximate surface area is 176 Å². The second-order valence-corrected chi connectivity index (χ2v) is 7.77. The molecule has 2 aromatic rings. The number of nitrogen functional groups attached to an aromatic ring is 1. The SMILES string of the molecule is C=C(C)c1nc(N)nc(N(CCCCCCCCCCCC)c2ccccc2)n1. The van der Waals surface area contributed by atoms with Crippen LogP contribution in [0, 0.1) is 0 Å². The number of benzene rings is 1.